The predicted octanol–water partition coefficient (Wildman–Crippen LogP) is 4.18. The van der Waals surface area contributed by atoms with Crippen LogP contribution >= 0.6 is 0 Å². The molecular weight excluding hydrogens is 248 g/mol. The summed E-state index contributed by atoms with van der Waals surface area (Å²) in [6.07, 6.45) is 2.69. The maximum atomic E-state index is 5.67. The molecule has 0 aliphatic heterocycles. The molecule has 0 amide bonds. The first-order chi connectivity index (χ1) is 9.86. The van der Waals surface area contributed by atoms with Crippen molar-refractivity contribution in [3.05, 3.63) is 61.2 Å². The SMILES string of the molecule is C=CCCOc1cccc(-c2nc3ccccc3[nH]2)c1. The highest BCUT2D eigenvalue weighted by atomic mass is 16.5. The first kappa shape index (κ1) is 12.5. The Hall–Kier alpha value is -2.55. The number of rotatable bonds is 5. The Morgan fingerprint density at radius 3 is 2.90 bits per heavy atom. The molecule has 100 valence electrons. The number of fused-ring (bicyclic) bond motifs is 1. The lowest BCUT2D eigenvalue weighted by Crippen LogP contribution is -1.95. The molecule has 1 heterocycles. The molecule has 0 bridgehead atoms. The highest BCUT2D eigenvalue weighted by molar-refractivity contribution is 5.79. The zero-order valence-electron chi connectivity index (χ0n) is 11.2. The third-order valence-corrected chi connectivity index (χ3v) is 3.09. The van der Waals surface area contributed by atoms with Crippen LogP contribution in [-0.2, 0) is 0 Å². The lowest BCUT2D eigenvalue weighted by atomic mass is 10.2. The minimum absolute atomic E-state index is 0.646. The minimum Gasteiger partial charge on any atom is -0.493 e. The molecule has 0 spiro atoms. The Morgan fingerprint density at radius 2 is 2.05 bits per heavy atom. The van der Waals surface area contributed by atoms with Crippen LogP contribution in [0.25, 0.3) is 22.4 Å². The van der Waals surface area contributed by atoms with Crippen LogP contribution in [-0.4, -0.2) is 16.6 Å². The van der Waals surface area contributed by atoms with Crippen molar-refractivity contribution in [2.75, 3.05) is 6.61 Å². The van der Waals surface area contributed by atoms with Gasteiger partial charge in [0, 0.05) is 5.56 Å². The van der Waals surface area contributed by atoms with Gasteiger partial charge in [-0.25, -0.2) is 4.98 Å². The molecule has 1 aromatic heterocycles. The van der Waals surface area contributed by atoms with Gasteiger partial charge in [-0.15, -0.1) is 6.58 Å². The van der Waals surface area contributed by atoms with Crippen LogP contribution in [0.1, 0.15) is 6.42 Å². The quantitative estimate of drug-likeness (QED) is 0.554. The predicted molar refractivity (Wildman–Crippen MR) is 81.8 cm³/mol. The van der Waals surface area contributed by atoms with Crippen LogP contribution in [0.15, 0.2) is 61.2 Å². The van der Waals surface area contributed by atoms with E-state index in [0.717, 1.165) is 34.6 Å². The average Bonchev–Trinajstić information content (AvgIpc) is 2.92. The average molecular weight is 264 g/mol. The van der Waals surface area contributed by atoms with Crippen LogP contribution in [0, 0.1) is 0 Å². The summed E-state index contributed by atoms with van der Waals surface area (Å²) in [5.41, 5.74) is 3.04. The van der Waals surface area contributed by atoms with Crippen molar-refractivity contribution in [3.63, 3.8) is 0 Å². The number of hydrogen-bond acceptors (Lipinski definition) is 2. The first-order valence-corrected chi connectivity index (χ1v) is 6.66. The van der Waals surface area contributed by atoms with Crippen molar-refractivity contribution in [2.24, 2.45) is 0 Å². The van der Waals surface area contributed by atoms with E-state index in [1.54, 1.807) is 0 Å². The molecule has 3 heteroatoms. The number of imidazole rings is 1. The number of nitrogens with one attached hydrogen (secondary N) is 1. The van der Waals surface area contributed by atoms with Crippen LogP contribution in [0.4, 0.5) is 0 Å². The third kappa shape index (κ3) is 2.57. The topological polar surface area (TPSA) is 37.9 Å². The van der Waals surface area contributed by atoms with Crippen LogP contribution in [0.2, 0.25) is 0 Å². The van der Waals surface area contributed by atoms with Crippen LogP contribution < -0.4 is 4.74 Å². The normalized spacial score (nSPS) is 10.6. The monoisotopic (exact) mass is 264 g/mol. The molecule has 3 nitrogen and oxygen atoms in total. The van der Waals surface area contributed by atoms with E-state index in [2.05, 4.69) is 16.5 Å². The van der Waals surface area contributed by atoms with Gasteiger partial charge in [-0.2, -0.15) is 0 Å². The Bertz CT molecular complexity index is 697. The molecule has 0 aliphatic rings. The Labute approximate surface area is 117 Å². The minimum atomic E-state index is 0.646. The van der Waals surface area contributed by atoms with E-state index in [0.29, 0.717) is 6.61 Å². The molecule has 2 aromatic carbocycles. The molecule has 0 unspecified atom stereocenters. The Morgan fingerprint density at radius 1 is 1.15 bits per heavy atom. The van der Waals surface area contributed by atoms with Gasteiger partial charge in [0.15, 0.2) is 0 Å². The molecule has 0 fully saturated rings. The molecular formula is C17H16N2O. The lowest BCUT2D eigenvalue weighted by Gasteiger charge is -2.05. The van der Waals surface area contributed by atoms with Crippen molar-refractivity contribution in [1.29, 1.82) is 0 Å². The number of para-hydroxylation sites is 2. The molecule has 0 saturated carbocycles. The summed E-state index contributed by atoms with van der Waals surface area (Å²) in [5.74, 6) is 1.71. The Balaban J connectivity index is 1.89. The van der Waals surface area contributed by atoms with Gasteiger partial charge in [0.05, 0.1) is 17.6 Å². The van der Waals surface area contributed by atoms with Gasteiger partial charge in [-0.05, 0) is 30.7 Å². The van der Waals surface area contributed by atoms with Gasteiger partial charge in [0.1, 0.15) is 11.6 Å². The third-order valence-electron chi connectivity index (χ3n) is 3.09. The fourth-order valence-electron chi connectivity index (χ4n) is 2.08. The van der Waals surface area contributed by atoms with Crippen molar-refractivity contribution in [2.45, 2.75) is 6.42 Å². The summed E-state index contributed by atoms with van der Waals surface area (Å²) < 4.78 is 5.67. The number of H-pyrrole nitrogens is 1. The lowest BCUT2D eigenvalue weighted by molar-refractivity contribution is 0.325. The van der Waals surface area contributed by atoms with E-state index < -0.39 is 0 Å². The zero-order valence-corrected chi connectivity index (χ0v) is 11.2. The molecule has 0 saturated heterocycles. The maximum Gasteiger partial charge on any atom is 0.138 e. The molecule has 1 N–H and O–H groups in total. The van der Waals surface area contributed by atoms with Crippen molar-refractivity contribution in [3.8, 4) is 17.1 Å². The summed E-state index contributed by atoms with van der Waals surface area (Å²) in [4.78, 5) is 7.92. The second kappa shape index (κ2) is 5.61. The van der Waals surface area contributed by atoms with Crippen LogP contribution in [0.5, 0.6) is 5.75 Å². The molecule has 0 atom stereocenters. The first-order valence-electron chi connectivity index (χ1n) is 6.66. The molecule has 0 aliphatic carbocycles. The fraction of sp³-hybridized carbons (Fsp3) is 0.118. The van der Waals surface area contributed by atoms with Crippen LogP contribution in [0.3, 0.4) is 0 Å². The van der Waals surface area contributed by atoms with E-state index >= 15 is 0 Å². The van der Waals surface area contributed by atoms with E-state index in [1.165, 1.54) is 0 Å². The van der Waals surface area contributed by atoms with Gasteiger partial charge >= 0.3 is 0 Å². The van der Waals surface area contributed by atoms with E-state index in [1.807, 2.05) is 54.6 Å². The summed E-state index contributed by atoms with van der Waals surface area (Å²) in [5, 5.41) is 0. The molecule has 0 radical (unpaired) electrons. The summed E-state index contributed by atoms with van der Waals surface area (Å²) in [7, 11) is 0. The van der Waals surface area contributed by atoms with E-state index in [4.69, 9.17) is 4.74 Å². The number of benzene rings is 2. The molecule has 3 aromatic rings. The van der Waals surface area contributed by atoms with Crippen molar-refractivity contribution >= 4 is 11.0 Å². The number of hydrogen-bond donors (Lipinski definition) is 1. The largest absolute Gasteiger partial charge is 0.493 e. The highest BCUT2D eigenvalue weighted by Gasteiger charge is 2.05. The smallest absolute Gasteiger partial charge is 0.138 e. The molecule has 3 rings (SSSR count). The highest BCUT2D eigenvalue weighted by Crippen LogP contribution is 2.24. The second-order valence-corrected chi connectivity index (χ2v) is 4.56. The van der Waals surface area contributed by atoms with Gasteiger partial charge < -0.3 is 9.72 Å². The van der Waals surface area contributed by atoms with Gasteiger partial charge in [-0.1, -0.05) is 30.3 Å². The fourth-order valence-corrected chi connectivity index (χ4v) is 2.08. The van der Waals surface area contributed by atoms with Crippen molar-refractivity contribution < 1.29 is 4.74 Å². The number of aromatic amines is 1. The number of nitrogens with zero attached hydrogens (tertiary/aromatic N) is 1. The van der Waals surface area contributed by atoms with Crippen molar-refractivity contribution in [1.82, 2.24) is 9.97 Å². The maximum absolute atomic E-state index is 5.67. The summed E-state index contributed by atoms with van der Waals surface area (Å²) >= 11 is 0. The van der Waals surface area contributed by atoms with E-state index in [-0.39, 0.29) is 0 Å². The zero-order chi connectivity index (χ0) is 13.8. The molecule has 20 heavy (non-hydrogen) atoms. The number of aromatic nitrogens is 2. The summed E-state index contributed by atoms with van der Waals surface area (Å²) in [6.45, 7) is 4.33. The van der Waals surface area contributed by atoms with Gasteiger partial charge in [-0.3, -0.25) is 0 Å². The van der Waals surface area contributed by atoms with Gasteiger partial charge in [0.25, 0.3) is 0 Å². The van der Waals surface area contributed by atoms with E-state index in [9.17, 15) is 0 Å². The second-order valence-electron chi connectivity index (χ2n) is 4.56. The van der Waals surface area contributed by atoms with Gasteiger partial charge in [0.2, 0.25) is 0 Å². The number of ether oxygens (including phenoxy) is 1. The summed E-state index contributed by atoms with van der Waals surface area (Å²) in [6, 6.07) is 16.0. The standard InChI is InChI=1S/C17H16N2O/c1-2-3-11-20-14-8-6-7-13(12-14)17-18-15-9-4-5-10-16(15)19-17/h2,4-10,12H,1,3,11H2,(H,18,19). The Kier molecular flexibility index (Phi) is 3.50.